The molecule has 1 saturated heterocycles. The molecule has 126 valence electrons. The van der Waals surface area contributed by atoms with Gasteiger partial charge in [-0.2, -0.15) is 0 Å². The van der Waals surface area contributed by atoms with Crippen LogP contribution in [-0.4, -0.2) is 36.7 Å². The Hall–Kier alpha value is -1.59. The van der Waals surface area contributed by atoms with Crippen LogP contribution in [0.25, 0.3) is 0 Å². The van der Waals surface area contributed by atoms with Crippen LogP contribution < -0.4 is 0 Å². The normalized spacial score (nSPS) is 22.9. The maximum absolute atomic E-state index is 11.8. The van der Waals surface area contributed by atoms with Crippen molar-refractivity contribution in [2.45, 2.75) is 65.6 Å². The highest BCUT2D eigenvalue weighted by Gasteiger charge is 2.32. The molecule has 6 nitrogen and oxygen atoms in total. The fraction of sp³-hybridized carbons (Fsp3) is 0.812. The number of rotatable bonds is 7. The molecule has 3 unspecified atom stereocenters. The molecule has 0 amide bonds. The first-order valence-electron chi connectivity index (χ1n) is 7.89. The van der Waals surface area contributed by atoms with Crippen molar-refractivity contribution in [1.82, 2.24) is 0 Å². The second kappa shape index (κ2) is 8.76. The Morgan fingerprint density at radius 2 is 2.00 bits per heavy atom. The molecule has 1 heterocycles. The first-order chi connectivity index (χ1) is 10.3. The van der Waals surface area contributed by atoms with Crippen molar-refractivity contribution in [2.75, 3.05) is 6.61 Å². The number of carbonyl (C=O) groups is 3. The van der Waals surface area contributed by atoms with Crippen molar-refractivity contribution in [2.24, 2.45) is 11.8 Å². The smallest absolute Gasteiger partial charge is 0.344 e. The van der Waals surface area contributed by atoms with Gasteiger partial charge in [0, 0.05) is 6.42 Å². The zero-order chi connectivity index (χ0) is 16.7. The van der Waals surface area contributed by atoms with Gasteiger partial charge in [0.25, 0.3) is 0 Å². The lowest BCUT2D eigenvalue weighted by atomic mass is 9.99. The minimum atomic E-state index is -0.605. The summed E-state index contributed by atoms with van der Waals surface area (Å²) in [6, 6.07) is 0. The molecule has 1 rings (SSSR count). The molecule has 1 aliphatic heterocycles. The third kappa shape index (κ3) is 6.03. The number of esters is 3. The van der Waals surface area contributed by atoms with Gasteiger partial charge in [-0.1, -0.05) is 27.7 Å². The quantitative estimate of drug-likeness (QED) is 0.529. The molecule has 0 aromatic carbocycles. The lowest BCUT2D eigenvalue weighted by Crippen LogP contribution is -2.40. The van der Waals surface area contributed by atoms with Crippen LogP contribution in [0.15, 0.2) is 0 Å². The summed E-state index contributed by atoms with van der Waals surface area (Å²) >= 11 is 0. The first kappa shape index (κ1) is 18.5. The van der Waals surface area contributed by atoms with Gasteiger partial charge in [0.1, 0.15) is 12.2 Å². The molecule has 1 fully saturated rings. The summed E-state index contributed by atoms with van der Waals surface area (Å²) in [5, 5.41) is 0. The van der Waals surface area contributed by atoms with Gasteiger partial charge >= 0.3 is 17.9 Å². The topological polar surface area (TPSA) is 78.9 Å². The number of ether oxygens (including phenoxy) is 3. The van der Waals surface area contributed by atoms with Crippen LogP contribution in [0.5, 0.6) is 0 Å². The van der Waals surface area contributed by atoms with E-state index in [-0.39, 0.29) is 18.3 Å². The summed E-state index contributed by atoms with van der Waals surface area (Å²) in [5.74, 6) is -1.13. The summed E-state index contributed by atoms with van der Waals surface area (Å²) in [7, 11) is 0. The summed E-state index contributed by atoms with van der Waals surface area (Å²) in [6.45, 7) is 7.28. The Kier molecular flexibility index (Phi) is 7.35. The number of cyclic esters (lactones) is 1. The summed E-state index contributed by atoms with van der Waals surface area (Å²) in [6.07, 6.45) is 1.10. The Bertz CT molecular complexity index is 403. The van der Waals surface area contributed by atoms with Crippen LogP contribution in [0.1, 0.15) is 53.4 Å². The van der Waals surface area contributed by atoms with E-state index >= 15 is 0 Å². The Morgan fingerprint density at radius 1 is 1.32 bits per heavy atom. The fourth-order valence-electron chi connectivity index (χ4n) is 2.51. The van der Waals surface area contributed by atoms with E-state index in [0.29, 0.717) is 25.2 Å². The molecule has 0 aliphatic carbocycles. The maximum atomic E-state index is 11.8. The number of hydrogen-bond donors (Lipinski definition) is 0. The highest BCUT2D eigenvalue weighted by molar-refractivity contribution is 5.77. The second-order valence-corrected chi connectivity index (χ2v) is 6.14. The highest BCUT2D eigenvalue weighted by atomic mass is 16.6. The van der Waals surface area contributed by atoms with Gasteiger partial charge in [0.15, 0.2) is 6.61 Å². The zero-order valence-electron chi connectivity index (χ0n) is 13.8. The first-order valence-corrected chi connectivity index (χ1v) is 7.89. The standard InChI is InChI=1S/C16H26O6/c1-5-12-13(6-7-14(17)21-12)22-15(18)9-20-16(19)11(4)8-10(2)3/h10-13H,5-9H2,1-4H3. The minimum Gasteiger partial charge on any atom is -0.458 e. The molecule has 6 heteroatoms. The predicted octanol–water partition coefficient (Wildman–Crippen LogP) is 2.24. The van der Waals surface area contributed by atoms with Crippen molar-refractivity contribution < 1.29 is 28.6 Å². The van der Waals surface area contributed by atoms with Crippen LogP contribution in [-0.2, 0) is 28.6 Å². The highest BCUT2D eigenvalue weighted by Crippen LogP contribution is 2.21. The number of hydrogen-bond acceptors (Lipinski definition) is 6. The van der Waals surface area contributed by atoms with E-state index in [4.69, 9.17) is 14.2 Å². The van der Waals surface area contributed by atoms with E-state index in [1.165, 1.54) is 0 Å². The third-order valence-corrected chi connectivity index (χ3v) is 3.58. The second-order valence-electron chi connectivity index (χ2n) is 6.14. The lowest BCUT2D eigenvalue weighted by Gasteiger charge is -2.29. The monoisotopic (exact) mass is 314 g/mol. The van der Waals surface area contributed by atoms with E-state index in [1.54, 1.807) is 6.92 Å². The van der Waals surface area contributed by atoms with Crippen LogP contribution in [0.4, 0.5) is 0 Å². The average Bonchev–Trinajstić information content (AvgIpc) is 2.45. The summed E-state index contributed by atoms with van der Waals surface area (Å²) < 4.78 is 15.4. The van der Waals surface area contributed by atoms with Gasteiger partial charge in [0.2, 0.25) is 0 Å². The van der Waals surface area contributed by atoms with E-state index in [1.807, 2.05) is 20.8 Å². The molecule has 0 aromatic heterocycles. The van der Waals surface area contributed by atoms with Crippen molar-refractivity contribution in [1.29, 1.82) is 0 Å². The average molecular weight is 314 g/mol. The van der Waals surface area contributed by atoms with Gasteiger partial charge in [-0.15, -0.1) is 0 Å². The Labute approximate surface area is 131 Å². The maximum Gasteiger partial charge on any atom is 0.344 e. The third-order valence-electron chi connectivity index (χ3n) is 3.58. The SMILES string of the molecule is CCC1OC(=O)CCC1OC(=O)COC(=O)C(C)CC(C)C. The van der Waals surface area contributed by atoms with Crippen LogP contribution in [0.2, 0.25) is 0 Å². The van der Waals surface area contributed by atoms with E-state index < -0.39 is 30.8 Å². The van der Waals surface area contributed by atoms with Crippen molar-refractivity contribution in [3.05, 3.63) is 0 Å². The molecule has 0 aromatic rings. The molecule has 0 N–H and O–H groups in total. The van der Waals surface area contributed by atoms with Gasteiger partial charge in [-0.3, -0.25) is 9.59 Å². The zero-order valence-corrected chi connectivity index (χ0v) is 13.8. The van der Waals surface area contributed by atoms with E-state index in [9.17, 15) is 14.4 Å². The van der Waals surface area contributed by atoms with Crippen LogP contribution in [0, 0.1) is 11.8 Å². The van der Waals surface area contributed by atoms with E-state index in [0.717, 1.165) is 0 Å². The molecule has 22 heavy (non-hydrogen) atoms. The van der Waals surface area contributed by atoms with E-state index in [2.05, 4.69) is 0 Å². The largest absolute Gasteiger partial charge is 0.458 e. The van der Waals surface area contributed by atoms with Gasteiger partial charge < -0.3 is 14.2 Å². The lowest BCUT2D eigenvalue weighted by molar-refractivity contribution is -0.181. The van der Waals surface area contributed by atoms with Crippen molar-refractivity contribution in [3.63, 3.8) is 0 Å². The van der Waals surface area contributed by atoms with Gasteiger partial charge in [-0.25, -0.2) is 4.79 Å². The van der Waals surface area contributed by atoms with Crippen LogP contribution >= 0.6 is 0 Å². The molecule has 0 spiro atoms. The predicted molar refractivity (Wildman–Crippen MR) is 78.9 cm³/mol. The van der Waals surface area contributed by atoms with Crippen molar-refractivity contribution in [3.8, 4) is 0 Å². The molecule has 0 bridgehead atoms. The minimum absolute atomic E-state index is 0.236. The Morgan fingerprint density at radius 3 is 2.59 bits per heavy atom. The molecule has 0 radical (unpaired) electrons. The van der Waals surface area contributed by atoms with Gasteiger partial charge in [-0.05, 0) is 25.2 Å². The van der Waals surface area contributed by atoms with Gasteiger partial charge in [0.05, 0.1) is 5.92 Å². The summed E-state index contributed by atoms with van der Waals surface area (Å²) in [5.41, 5.74) is 0. The molecule has 1 aliphatic rings. The molecule has 0 saturated carbocycles. The van der Waals surface area contributed by atoms with Crippen molar-refractivity contribution >= 4 is 17.9 Å². The summed E-state index contributed by atoms with van der Waals surface area (Å²) in [4.78, 5) is 34.7. The van der Waals surface area contributed by atoms with Crippen LogP contribution in [0.3, 0.4) is 0 Å². The number of carbonyl (C=O) groups excluding carboxylic acids is 3. The Balaban J connectivity index is 2.36. The molecule has 3 atom stereocenters. The molecular formula is C16H26O6. The fourth-order valence-corrected chi connectivity index (χ4v) is 2.51. The molecular weight excluding hydrogens is 288 g/mol.